The van der Waals surface area contributed by atoms with E-state index >= 15 is 0 Å². The molecule has 1 saturated heterocycles. The van der Waals surface area contributed by atoms with E-state index in [1.165, 1.54) is 0 Å². The molecule has 2 heterocycles. The van der Waals surface area contributed by atoms with E-state index in [-0.39, 0.29) is 18.8 Å². The molecule has 184 valence electrons. The molecule has 0 radical (unpaired) electrons. The van der Waals surface area contributed by atoms with Gasteiger partial charge in [0.1, 0.15) is 0 Å². The van der Waals surface area contributed by atoms with Crippen LogP contribution in [-0.2, 0) is 22.6 Å². The van der Waals surface area contributed by atoms with Gasteiger partial charge in [0, 0.05) is 36.7 Å². The van der Waals surface area contributed by atoms with Gasteiger partial charge in [-0.05, 0) is 33.9 Å². The topological polar surface area (TPSA) is 90.5 Å². The van der Waals surface area contributed by atoms with Crippen LogP contribution in [0.25, 0.3) is 11.1 Å². The molecule has 3 atom stereocenters. The third kappa shape index (κ3) is 5.83. The molecular weight excluding hydrogens is 470 g/mol. The van der Waals surface area contributed by atoms with Crippen molar-refractivity contribution >= 4 is 11.8 Å². The van der Waals surface area contributed by atoms with E-state index in [0.717, 1.165) is 50.7 Å². The van der Waals surface area contributed by atoms with Crippen molar-refractivity contribution in [2.75, 3.05) is 5.75 Å². The van der Waals surface area contributed by atoms with E-state index in [2.05, 4.69) is 46.4 Å². The summed E-state index contributed by atoms with van der Waals surface area (Å²) in [4.78, 5) is 8.64. The van der Waals surface area contributed by atoms with E-state index in [1.807, 2.05) is 42.5 Å². The van der Waals surface area contributed by atoms with Gasteiger partial charge in [-0.2, -0.15) is 0 Å². The summed E-state index contributed by atoms with van der Waals surface area (Å²) in [6.45, 7) is 0.515. The summed E-state index contributed by atoms with van der Waals surface area (Å²) in [5.41, 5.74) is 12.2. The molecule has 3 N–H and O–H groups in total. The van der Waals surface area contributed by atoms with Gasteiger partial charge in [-0.25, -0.2) is 9.97 Å². The van der Waals surface area contributed by atoms with Gasteiger partial charge < -0.3 is 20.3 Å². The predicted molar refractivity (Wildman–Crippen MR) is 141 cm³/mol. The van der Waals surface area contributed by atoms with Crippen LogP contribution in [0.2, 0.25) is 0 Å². The van der Waals surface area contributed by atoms with Gasteiger partial charge >= 0.3 is 0 Å². The first-order chi connectivity index (χ1) is 17.7. The van der Waals surface area contributed by atoms with Crippen LogP contribution in [0.5, 0.6) is 0 Å². The zero-order chi connectivity index (χ0) is 24.7. The second-order valence-corrected chi connectivity index (χ2v) is 9.66. The van der Waals surface area contributed by atoms with Gasteiger partial charge in [0.25, 0.3) is 0 Å². The minimum atomic E-state index is -0.498. The third-order valence-corrected chi connectivity index (χ3v) is 7.29. The standard InChI is InChI=1S/C29H29N3O3S/c30-17-24-4-1-2-5-26(24)21-10-12-23(13-11-21)28-34-25(19-36-29-31-14-3-15-32-29)16-27(35-28)22-8-6-20(18-33)7-9-22/h1-15,25,27-28,33H,16-19,30H2/t25-,27+,28+/m0/s1. The molecule has 4 aromatic rings. The Kier molecular flexibility index (Phi) is 8.05. The number of aliphatic hydroxyl groups is 1. The molecule has 0 amide bonds. The van der Waals surface area contributed by atoms with Crippen molar-refractivity contribution in [3.8, 4) is 11.1 Å². The summed E-state index contributed by atoms with van der Waals surface area (Å²) in [5.74, 6) is 0.719. The van der Waals surface area contributed by atoms with Crippen LogP contribution in [0, 0.1) is 0 Å². The SMILES string of the molecule is NCc1ccccc1-c1ccc([C@@H]2O[C@H](CSc3ncccn3)C[C@H](c3ccc(CO)cc3)O2)cc1. The molecule has 0 aliphatic carbocycles. The maximum absolute atomic E-state index is 9.41. The molecule has 1 fully saturated rings. The normalized spacial score (nSPS) is 19.8. The minimum Gasteiger partial charge on any atom is -0.392 e. The molecule has 1 aliphatic heterocycles. The third-order valence-electron chi connectivity index (χ3n) is 6.29. The second-order valence-electron chi connectivity index (χ2n) is 8.68. The van der Waals surface area contributed by atoms with Crippen molar-refractivity contribution in [3.63, 3.8) is 0 Å². The van der Waals surface area contributed by atoms with Crippen LogP contribution in [0.1, 0.15) is 41.1 Å². The average Bonchev–Trinajstić information content (AvgIpc) is 2.96. The molecule has 0 spiro atoms. The highest BCUT2D eigenvalue weighted by molar-refractivity contribution is 7.99. The van der Waals surface area contributed by atoms with Crippen LogP contribution in [-0.4, -0.2) is 26.9 Å². The predicted octanol–water partition coefficient (Wildman–Crippen LogP) is 5.43. The number of aliphatic hydroxyl groups excluding tert-OH is 1. The summed E-state index contributed by atoms with van der Waals surface area (Å²) < 4.78 is 12.9. The lowest BCUT2D eigenvalue weighted by Crippen LogP contribution is -2.31. The summed E-state index contributed by atoms with van der Waals surface area (Å²) in [6, 6.07) is 26.2. The Balaban J connectivity index is 1.37. The molecule has 3 aromatic carbocycles. The molecule has 7 heteroatoms. The number of nitrogens with two attached hydrogens (primary N) is 1. The lowest BCUT2D eigenvalue weighted by molar-refractivity contribution is -0.245. The lowest BCUT2D eigenvalue weighted by Gasteiger charge is -2.36. The minimum absolute atomic E-state index is 0.0213. The van der Waals surface area contributed by atoms with Crippen LogP contribution < -0.4 is 5.73 Å². The Morgan fingerprint density at radius 1 is 0.861 bits per heavy atom. The zero-order valence-electron chi connectivity index (χ0n) is 19.9. The van der Waals surface area contributed by atoms with Crippen molar-refractivity contribution in [1.82, 2.24) is 9.97 Å². The Hall–Kier alpha value is -3.07. The fraction of sp³-hybridized carbons (Fsp3) is 0.241. The first-order valence-electron chi connectivity index (χ1n) is 12.0. The maximum Gasteiger partial charge on any atom is 0.187 e. The largest absolute Gasteiger partial charge is 0.392 e. The Morgan fingerprint density at radius 2 is 1.58 bits per heavy atom. The monoisotopic (exact) mass is 499 g/mol. The number of nitrogens with zero attached hydrogens (tertiary/aromatic N) is 2. The van der Waals surface area contributed by atoms with Crippen molar-refractivity contribution in [3.05, 3.63) is 114 Å². The Morgan fingerprint density at radius 3 is 2.31 bits per heavy atom. The van der Waals surface area contributed by atoms with Gasteiger partial charge in [0.05, 0.1) is 18.8 Å². The first kappa shape index (κ1) is 24.6. The molecule has 0 bridgehead atoms. The number of rotatable bonds is 8. The second kappa shape index (κ2) is 11.8. The Bertz CT molecular complexity index is 1250. The highest BCUT2D eigenvalue weighted by Gasteiger charge is 2.32. The number of aromatic nitrogens is 2. The van der Waals surface area contributed by atoms with Gasteiger partial charge in [0.15, 0.2) is 11.4 Å². The Labute approximate surface area is 215 Å². The summed E-state index contributed by atoms with van der Waals surface area (Å²) in [7, 11) is 0. The number of hydrogen-bond donors (Lipinski definition) is 2. The highest BCUT2D eigenvalue weighted by atomic mass is 32.2. The van der Waals surface area contributed by atoms with Crippen molar-refractivity contribution in [2.45, 2.75) is 43.2 Å². The summed E-state index contributed by atoms with van der Waals surface area (Å²) in [6.07, 6.45) is 3.55. The van der Waals surface area contributed by atoms with E-state index in [1.54, 1.807) is 24.2 Å². The molecule has 5 rings (SSSR count). The molecule has 0 saturated carbocycles. The van der Waals surface area contributed by atoms with E-state index in [4.69, 9.17) is 15.2 Å². The smallest absolute Gasteiger partial charge is 0.187 e. The number of thioether (sulfide) groups is 1. The summed E-state index contributed by atoms with van der Waals surface area (Å²) >= 11 is 1.58. The van der Waals surface area contributed by atoms with Crippen LogP contribution >= 0.6 is 11.8 Å². The van der Waals surface area contributed by atoms with Gasteiger partial charge in [-0.15, -0.1) is 0 Å². The molecule has 1 aliphatic rings. The number of ether oxygens (including phenoxy) is 2. The van der Waals surface area contributed by atoms with Crippen molar-refractivity contribution < 1.29 is 14.6 Å². The molecule has 6 nitrogen and oxygen atoms in total. The van der Waals surface area contributed by atoms with Crippen LogP contribution in [0.4, 0.5) is 0 Å². The van der Waals surface area contributed by atoms with Gasteiger partial charge in [-0.1, -0.05) is 84.6 Å². The van der Waals surface area contributed by atoms with Crippen molar-refractivity contribution in [2.24, 2.45) is 5.73 Å². The lowest BCUT2D eigenvalue weighted by atomic mass is 9.98. The fourth-order valence-corrected chi connectivity index (χ4v) is 5.17. The zero-order valence-corrected chi connectivity index (χ0v) is 20.7. The van der Waals surface area contributed by atoms with E-state index in [9.17, 15) is 5.11 Å². The maximum atomic E-state index is 9.41. The molecular formula is C29H29N3O3S. The van der Waals surface area contributed by atoms with E-state index in [0.29, 0.717) is 6.54 Å². The van der Waals surface area contributed by atoms with Crippen LogP contribution in [0.15, 0.2) is 96.4 Å². The highest BCUT2D eigenvalue weighted by Crippen LogP contribution is 2.39. The average molecular weight is 500 g/mol. The fourth-order valence-electron chi connectivity index (χ4n) is 4.35. The number of hydrogen-bond acceptors (Lipinski definition) is 7. The van der Waals surface area contributed by atoms with Gasteiger partial charge in [0.2, 0.25) is 0 Å². The van der Waals surface area contributed by atoms with E-state index < -0.39 is 6.29 Å². The summed E-state index contributed by atoms with van der Waals surface area (Å²) in [5, 5.41) is 10.1. The van der Waals surface area contributed by atoms with Crippen molar-refractivity contribution in [1.29, 1.82) is 0 Å². The molecule has 0 unspecified atom stereocenters. The number of benzene rings is 3. The quantitative estimate of drug-likeness (QED) is 0.247. The first-order valence-corrected chi connectivity index (χ1v) is 13.0. The van der Waals surface area contributed by atoms with Crippen LogP contribution in [0.3, 0.4) is 0 Å². The molecule has 36 heavy (non-hydrogen) atoms. The molecule has 1 aromatic heterocycles. The van der Waals surface area contributed by atoms with Gasteiger partial charge in [-0.3, -0.25) is 0 Å².